The number of nitrogens with two attached hydrogens (primary N) is 1. The number of carbonyl (C=O) groups is 1. The quantitative estimate of drug-likeness (QED) is 0.473. The van der Waals surface area contributed by atoms with Gasteiger partial charge in [0.1, 0.15) is 5.69 Å². The van der Waals surface area contributed by atoms with Crippen LogP contribution in [0.5, 0.6) is 11.6 Å². The number of ether oxygens (including phenoxy) is 1. The minimum Gasteiger partial charge on any atom is -0.437 e. The number of benzene rings is 1. The predicted octanol–water partition coefficient (Wildman–Crippen LogP) is 2.09. The number of pyridine rings is 1. The van der Waals surface area contributed by atoms with Crippen molar-refractivity contribution in [1.29, 1.82) is 0 Å². The van der Waals surface area contributed by atoms with Crippen molar-refractivity contribution in [2.45, 2.75) is 6.54 Å². The Bertz CT molecular complexity index is 993. The molecule has 2 heterocycles. The summed E-state index contributed by atoms with van der Waals surface area (Å²) in [5, 5.41) is 3.34. The van der Waals surface area contributed by atoms with E-state index in [4.69, 9.17) is 10.5 Å². The number of hydrogen-bond acceptors (Lipinski definition) is 5. The summed E-state index contributed by atoms with van der Waals surface area (Å²) in [5.74, 6) is 0.756. The van der Waals surface area contributed by atoms with E-state index in [9.17, 15) is 4.79 Å². The van der Waals surface area contributed by atoms with Gasteiger partial charge in [0.05, 0.1) is 5.52 Å². The number of rotatable bonds is 5. The molecule has 0 saturated carbocycles. The largest absolute Gasteiger partial charge is 0.437 e. The van der Waals surface area contributed by atoms with E-state index in [1.54, 1.807) is 12.3 Å². The van der Waals surface area contributed by atoms with Gasteiger partial charge in [0.2, 0.25) is 5.88 Å². The van der Waals surface area contributed by atoms with Gasteiger partial charge in [-0.3, -0.25) is 15.1 Å². The average molecular weight is 366 g/mol. The highest BCUT2D eigenvalue weighted by Gasteiger charge is 2.13. The van der Waals surface area contributed by atoms with E-state index < -0.39 is 0 Å². The molecule has 1 amide bonds. The molecule has 2 aromatic heterocycles. The van der Waals surface area contributed by atoms with Crippen LogP contribution < -0.4 is 15.8 Å². The molecule has 140 valence electrons. The first-order chi connectivity index (χ1) is 13.0. The highest BCUT2D eigenvalue weighted by Crippen LogP contribution is 2.29. The SMILES string of the molecule is CN=C(N)NC(=O)c1cc2cccc(Oc3cc(CN(C)C)ccn3)c2[nH]1. The van der Waals surface area contributed by atoms with E-state index in [1.165, 1.54) is 7.05 Å². The highest BCUT2D eigenvalue weighted by molar-refractivity contribution is 6.07. The predicted molar refractivity (Wildman–Crippen MR) is 105 cm³/mol. The minimum absolute atomic E-state index is 0.0528. The fraction of sp³-hybridized carbons (Fsp3) is 0.211. The van der Waals surface area contributed by atoms with Gasteiger partial charge in [0, 0.05) is 31.2 Å². The van der Waals surface area contributed by atoms with Gasteiger partial charge >= 0.3 is 0 Å². The first-order valence-corrected chi connectivity index (χ1v) is 8.39. The number of nitrogens with one attached hydrogen (secondary N) is 2. The highest BCUT2D eigenvalue weighted by atomic mass is 16.5. The first-order valence-electron chi connectivity index (χ1n) is 8.39. The Morgan fingerprint density at radius 2 is 2.15 bits per heavy atom. The molecule has 0 bridgehead atoms. The number of aromatic nitrogens is 2. The third-order valence-electron chi connectivity index (χ3n) is 3.86. The number of aliphatic imine (C=N–C) groups is 1. The molecule has 4 N–H and O–H groups in total. The van der Waals surface area contributed by atoms with Gasteiger partial charge in [0.15, 0.2) is 11.7 Å². The van der Waals surface area contributed by atoms with Crippen LogP contribution in [-0.4, -0.2) is 47.9 Å². The second-order valence-corrected chi connectivity index (χ2v) is 6.31. The lowest BCUT2D eigenvalue weighted by Gasteiger charge is -2.11. The number of H-pyrrole nitrogens is 1. The van der Waals surface area contributed by atoms with Crippen molar-refractivity contribution in [1.82, 2.24) is 20.2 Å². The van der Waals surface area contributed by atoms with E-state index in [2.05, 4.69) is 25.2 Å². The molecule has 0 spiro atoms. The lowest BCUT2D eigenvalue weighted by molar-refractivity contribution is 0.0972. The van der Waals surface area contributed by atoms with Crippen molar-refractivity contribution in [3.63, 3.8) is 0 Å². The number of aromatic amines is 1. The zero-order chi connectivity index (χ0) is 19.4. The molecule has 0 fully saturated rings. The van der Waals surface area contributed by atoms with Crippen molar-refractivity contribution in [3.8, 4) is 11.6 Å². The van der Waals surface area contributed by atoms with E-state index >= 15 is 0 Å². The summed E-state index contributed by atoms with van der Waals surface area (Å²) in [5.41, 5.74) is 7.72. The Balaban J connectivity index is 1.88. The Morgan fingerprint density at radius 1 is 1.33 bits per heavy atom. The molecule has 8 nitrogen and oxygen atoms in total. The number of fused-ring (bicyclic) bond motifs is 1. The van der Waals surface area contributed by atoms with Crippen LogP contribution in [-0.2, 0) is 6.54 Å². The Hall–Kier alpha value is -3.39. The summed E-state index contributed by atoms with van der Waals surface area (Å²) in [7, 11) is 5.51. The van der Waals surface area contributed by atoms with Crippen LogP contribution >= 0.6 is 0 Å². The van der Waals surface area contributed by atoms with Gasteiger partial charge in [-0.15, -0.1) is 0 Å². The lowest BCUT2D eigenvalue weighted by atomic mass is 10.2. The van der Waals surface area contributed by atoms with Crippen LogP contribution in [0.3, 0.4) is 0 Å². The van der Waals surface area contributed by atoms with Crippen molar-refractivity contribution in [2.75, 3.05) is 21.1 Å². The van der Waals surface area contributed by atoms with Crippen LogP contribution in [0.4, 0.5) is 0 Å². The fourth-order valence-corrected chi connectivity index (χ4v) is 2.66. The van der Waals surface area contributed by atoms with E-state index in [0.29, 0.717) is 22.8 Å². The van der Waals surface area contributed by atoms with Crippen molar-refractivity contribution >= 4 is 22.8 Å². The second kappa shape index (κ2) is 7.88. The van der Waals surface area contributed by atoms with Crippen LogP contribution in [0.15, 0.2) is 47.6 Å². The summed E-state index contributed by atoms with van der Waals surface area (Å²) in [6, 6.07) is 11.2. The number of carbonyl (C=O) groups excluding carboxylic acids is 1. The summed E-state index contributed by atoms with van der Waals surface area (Å²) in [6.07, 6.45) is 1.72. The van der Waals surface area contributed by atoms with Crippen molar-refractivity contribution in [2.24, 2.45) is 10.7 Å². The van der Waals surface area contributed by atoms with Crippen LogP contribution in [0.25, 0.3) is 10.9 Å². The number of para-hydroxylation sites is 1. The summed E-state index contributed by atoms with van der Waals surface area (Å²) >= 11 is 0. The molecule has 0 atom stereocenters. The Morgan fingerprint density at radius 3 is 2.89 bits per heavy atom. The fourth-order valence-electron chi connectivity index (χ4n) is 2.66. The van der Waals surface area contributed by atoms with E-state index in [0.717, 1.165) is 17.5 Å². The number of guanidine groups is 1. The maximum Gasteiger partial charge on any atom is 0.274 e. The topological polar surface area (TPSA) is 109 Å². The van der Waals surface area contributed by atoms with Gasteiger partial charge in [-0.05, 0) is 37.9 Å². The molecule has 27 heavy (non-hydrogen) atoms. The Kier molecular flexibility index (Phi) is 5.37. The van der Waals surface area contributed by atoms with Crippen molar-refractivity contribution < 1.29 is 9.53 Å². The molecule has 3 rings (SSSR count). The number of nitrogens with zero attached hydrogens (tertiary/aromatic N) is 3. The summed E-state index contributed by atoms with van der Waals surface area (Å²) in [6.45, 7) is 0.788. The molecule has 0 saturated heterocycles. The maximum absolute atomic E-state index is 12.2. The molecular formula is C19H22N6O2. The van der Waals surface area contributed by atoms with Gasteiger partial charge in [-0.2, -0.15) is 0 Å². The molecule has 0 aliphatic rings. The minimum atomic E-state index is -0.369. The number of hydrogen-bond donors (Lipinski definition) is 3. The average Bonchev–Trinajstić information content (AvgIpc) is 3.07. The van der Waals surface area contributed by atoms with E-state index in [-0.39, 0.29) is 11.9 Å². The van der Waals surface area contributed by atoms with Crippen molar-refractivity contribution in [3.05, 3.63) is 53.9 Å². The molecule has 3 aromatic rings. The zero-order valence-electron chi connectivity index (χ0n) is 15.5. The summed E-state index contributed by atoms with van der Waals surface area (Å²) in [4.78, 5) is 25.4. The molecule has 0 aliphatic heterocycles. The molecule has 1 aromatic carbocycles. The van der Waals surface area contributed by atoms with Crippen LogP contribution in [0.1, 0.15) is 16.1 Å². The molecular weight excluding hydrogens is 344 g/mol. The normalized spacial score (nSPS) is 11.8. The monoisotopic (exact) mass is 366 g/mol. The zero-order valence-corrected chi connectivity index (χ0v) is 15.5. The molecule has 0 unspecified atom stereocenters. The van der Waals surface area contributed by atoms with Gasteiger partial charge in [-0.25, -0.2) is 4.98 Å². The van der Waals surface area contributed by atoms with Crippen LogP contribution in [0.2, 0.25) is 0 Å². The Labute approximate surface area is 157 Å². The van der Waals surface area contributed by atoms with Gasteiger partial charge < -0.3 is 20.4 Å². The second-order valence-electron chi connectivity index (χ2n) is 6.31. The molecule has 0 radical (unpaired) electrons. The van der Waals surface area contributed by atoms with Crippen LogP contribution in [0, 0.1) is 0 Å². The van der Waals surface area contributed by atoms with Gasteiger partial charge in [-0.1, -0.05) is 12.1 Å². The summed E-state index contributed by atoms with van der Waals surface area (Å²) < 4.78 is 5.97. The third kappa shape index (κ3) is 4.42. The van der Waals surface area contributed by atoms with Gasteiger partial charge in [0.25, 0.3) is 5.91 Å². The lowest BCUT2D eigenvalue weighted by Crippen LogP contribution is -2.36. The maximum atomic E-state index is 12.2. The first kappa shape index (κ1) is 18.4. The third-order valence-corrected chi connectivity index (χ3v) is 3.86. The standard InChI is InChI=1S/C19H22N6O2/c1-21-19(20)24-18(26)14-10-13-5-4-6-15(17(13)23-14)27-16-9-12(7-8-22-16)11-25(2)3/h4-10,23H,11H2,1-3H3,(H3,20,21,24,26). The molecule has 0 aliphatic carbocycles. The van der Waals surface area contributed by atoms with E-state index in [1.807, 2.05) is 44.4 Å². The molecule has 8 heteroatoms. The number of amides is 1. The smallest absolute Gasteiger partial charge is 0.274 e.